The molecule has 0 aliphatic rings. The van der Waals surface area contributed by atoms with Crippen LogP contribution in [0.5, 0.6) is 0 Å². The standard InChI is InChI=1S/C30H18O8/c31-27(32)21-11-9-15(13-23(21)29(35)36)25-17-5-1-2-6-18(17)26(20-8-4-3-7-19(20)25)16-10-12-22(28(33)34)24(14-16)30(37)38/h1-14H,(H,31,32)(H,33,34)(H,35,36)(H,37,38). The molecule has 5 aromatic rings. The fourth-order valence-electron chi connectivity index (χ4n) is 4.88. The number of aromatic carboxylic acids is 4. The van der Waals surface area contributed by atoms with Gasteiger partial charge in [-0.2, -0.15) is 0 Å². The lowest BCUT2D eigenvalue weighted by Gasteiger charge is -2.18. The van der Waals surface area contributed by atoms with Gasteiger partial charge in [0.2, 0.25) is 0 Å². The van der Waals surface area contributed by atoms with Crippen LogP contribution in [0.1, 0.15) is 41.4 Å². The van der Waals surface area contributed by atoms with Gasteiger partial charge >= 0.3 is 23.9 Å². The molecule has 0 saturated heterocycles. The molecule has 38 heavy (non-hydrogen) atoms. The first kappa shape index (κ1) is 24.2. The summed E-state index contributed by atoms with van der Waals surface area (Å²) in [6.45, 7) is 0. The molecule has 8 heteroatoms. The van der Waals surface area contributed by atoms with Crippen LogP contribution in [0.15, 0.2) is 84.9 Å². The van der Waals surface area contributed by atoms with Crippen LogP contribution < -0.4 is 0 Å². The highest BCUT2D eigenvalue weighted by molar-refractivity contribution is 6.22. The minimum atomic E-state index is -1.37. The van der Waals surface area contributed by atoms with E-state index >= 15 is 0 Å². The van der Waals surface area contributed by atoms with E-state index in [1.54, 1.807) is 12.1 Å². The predicted octanol–water partition coefficient (Wildman–Crippen LogP) is 6.12. The van der Waals surface area contributed by atoms with E-state index in [4.69, 9.17) is 0 Å². The Kier molecular flexibility index (Phi) is 5.85. The molecule has 0 amide bonds. The zero-order valence-electron chi connectivity index (χ0n) is 19.5. The van der Waals surface area contributed by atoms with Gasteiger partial charge in [0.25, 0.3) is 0 Å². The smallest absolute Gasteiger partial charge is 0.336 e. The van der Waals surface area contributed by atoms with Crippen molar-refractivity contribution in [2.45, 2.75) is 0 Å². The number of carboxylic acid groups (broad SMARTS) is 4. The van der Waals surface area contributed by atoms with Gasteiger partial charge in [0, 0.05) is 0 Å². The van der Waals surface area contributed by atoms with Crippen LogP contribution in [0.4, 0.5) is 0 Å². The Morgan fingerprint density at radius 3 is 0.947 bits per heavy atom. The summed E-state index contributed by atoms with van der Waals surface area (Å²) in [6, 6.07) is 22.9. The third kappa shape index (κ3) is 3.90. The van der Waals surface area contributed by atoms with E-state index in [9.17, 15) is 39.6 Å². The molecule has 4 N–H and O–H groups in total. The molecule has 0 spiro atoms. The monoisotopic (exact) mass is 506 g/mol. The Morgan fingerprint density at radius 2 is 0.684 bits per heavy atom. The Morgan fingerprint density at radius 1 is 0.395 bits per heavy atom. The van der Waals surface area contributed by atoms with Gasteiger partial charge in [0.05, 0.1) is 22.3 Å². The first-order chi connectivity index (χ1) is 18.2. The van der Waals surface area contributed by atoms with E-state index in [0.717, 1.165) is 21.5 Å². The van der Waals surface area contributed by atoms with Crippen molar-refractivity contribution >= 4 is 45.4 Å². The van der Waals surface area contributed by atoms with Crippen molar-refractivity contribution in [2.24, 2.45) is 0 Å². The van der Waals surface area contributed by atoms with Crippen LogP contribution in [0.25, 0.3) is 43.8 Å². The van der Waals surface area contributed by atoms with E-state index < -0.39 is 23.9 Å². The van der Waals surface area contributed by atoms with Gasteiger partial charge < -0.3 is 20.4 Å². The second-order valence-corrected chi connectivity index (χ2v) is 8.58. The summed E-state index contributed by atoms with van der Waals surface area (Å²) in [7, 11) is 0. The highest BCUT2D eigenvalue weighted by atomic mass is 16.4. The summed E-state index contributed by atoms with van der Waals surface area (Å²) in [5.74, 6) is -5.43. The predicted molar refractivity (Wildman–Crippen MR) is 140 cm³/mol. The lowest BCUT2D eigenvalue weighted by molar-refractivity contribution is 0.0651. The molecule has 0 unspecified atom stereocenters. The maximum atomic E-state index is 11.9. The van der Waals surface area contributed by atoms with Gasteiger partial charge in [0.1, 0.15) is 0 Å². The molecule has 0 aliphatic carbocycles. The number of carboxylic acids is 4. The van der Waals surface area contributed by atoms with Gasteiger partial charge in [0.15, 0.2) is 0 Å². The number of carbonyl (C=O) groups is 4. The zero-order valence-corrected chi connectivity index (χ0v) is 19.5. The maximum Gasteiger partial charge on any atom is 0.336 e. The average Bonchev–Trinajstić information content (AvgIpc) is 2.90. The van der Waals surface area contributed by atoms with Crippen LogP contribution >= 0.6 is 0 Å². The van der Waals surface area contributed by atoms with E-state index in [-0.39, 0.29) is 22.3 Å². The molecule has 0 fully saturated rings. The molecule has 0 radical (unpaired) electrons. The number of fused-ring (bicyclic) bond motifs is 2. The Labute approximate surface area is 214 Å². The molecule has 0 saturated carbocycles. The average molecular weight is 506 g/mol. The molecule has 0 bridgehead atoms. The summed E-state index contributed by atoms with van der Waals surface area (Å²) in [4.78, 5) is 47.0. The Balaban J connectivity index is 1.90. The van der Waals surface area contributed by atoms with E-state index in [2.05, 4.69) is 0 Å². The summed E-state index contributed by atoms with van der Waals surface area (Å²) < 4.78 is 0. The molecule has 186 valence electrons. The zero-order chi connectivity index (χ0) is 27.1. The molecule has 0 aromatic heterocycles. The summed E-state index contributed by atoms with van der Waals surface area (Å²) >= 11 is 0. The largest absolute Gasteiger partial charge is 0.478 e. The number of hydrogen-bond donors (Lipinski definition) is 4. The van der Waals surface area contributed by atoms with Crippen molar-refractivity contribution in [1.82, 2.24) is 0 Å². The first-order valence-electron chi connectivity index (χ1n) is 11.3. The summed E-state index contributed by atoms with van der Waals surface area (Å²) in [6.07, 6.45) is 0. The van der Waals surface area contributed by atoms with E-state index in [1.165, 1.54) is 24.3 Å². The molecule has 0 atom stereocenters. The Bertz CT molecular complexity index is 1640. The molecular formula is C30H18O8. The topological polar surface area (TPSA) is 149 Å². The normalized spacial score (nSPS) is 10.9. The van der Waals surface area contributed by atoms with Crippen LogP contribution in [-0.4, -0.2) is 44.3 Å². The van der Waals surface area contributed by atoms with Crippen molar-refractivity contribution in [1.29, 1.82) is 0 Å². The lowest BCUT2D eigenvalue weighted by atomic mass is 9.84. The third-order valence-electron chi connectivity index (χ3n) is 6.47. The van der Waals surface area contributed by atoms with Gasteiger partial charge in [-0.05, 0) is 68.1 Å². The van der Waals surface area contributed by atoms with Crippen LogP contribution in [-0.2, 0) is 0 Å². The molecule has 5 aromatic carbocycles. The molecule has 0 heterocycles. The van der Waals surface area contributed by atoms with Crippen LogP contribution in [0, 0.1) is 0 Å². The third-order valence-corrected chi connectivity index (χ3v) is 6.47. The van der Waals surface area contributed by atoms with Gasteiger partial charge in [-0.25, -0.2) is 19.2 Å². The van der Waals surface area contributed by atoms with E-state index in [1.807, 2.05) is 48.5 Å². The van der Waals surface area contributed by atoms with Crippen molar-refractivity contribution < 1.29 is 39.6 Å². The fourth-order valence-corrected chi connectivity index (χ4v) is 4.88. The fraction of sp³-hybridized carbons (Fsp3) is 0. The quantitative estimate of drug-likeness (QED) is 0.201. The second kappa shape index (κ2) is 9.18. The van der Waals surface area contributed by atoms with Crippen molar-refractivity contribution in [3.63, 3.8) is 0 Å². The van der Waals surface area contributed by atoms with Crippen LogP contribution in [0.2, 0.25) is 0 Å². The number of rotatable bonds is 6. The summed E-state index contributed by atoms with van der Waals surface area (Å²) in [5.41, 5.74) is 1.01. The van der Waals surface area contributed by atoms with Crippen molar-refractivity contribution in [3.05, 3.63) is 107 Å². The summed E-state index contributed by atoms with van der Waals surface area (Å²) in [5, 5.41) is 41.2. The van der Waals surface area contributed by atoms with Gasteiger partial charge in [-0.15, -0.1) is 0 Å². The molecular weight excluding hydrogens is 488 g/mol. The minimum Gasteiger partial charge on any atom is -0.478 e. The molecule has 8 nitrogen and oxygen atoms in total. The number of benzene rings is 5. The van der Waals surface area contributed by atoms with Crippen molar-refractivity contribution in [3.8, 4) is 22.3 Å². The highest BCUT2D eigenvalue weighted by Gasteiger charge is 2.22. The first-order valence-corrected chi connectivity index (χ1v) is 11.3. The second-order valence-electron chi connectivity index (χ2n) is 8.58. The van der Waals surface area contributed by atoms with Gasteiger partial charge in [-0.1, -0.05) is 60.7 Å². The Hall–Kier alpha value is -5.50. The van der Waals surface area contributed by atoms with E-state index in [0.29, 0.717) is 22.3 Å². The molecule has 5 rings (SSSR count). The van der Waals surface area contributed by atoms with Gasteiger partial charge in [-0.3, -0.25) is 0 Å². The minimum absolute atomic E-state index is 0.328. The lowest BCUT2D eigenvalue weighted by Crippen LogP contribution is -2.08. The number of hydrogen-bond acceptors (Lipinski definition) is 4. The van der Waals surface area contributed by atoms with Crippen LogP contribution in [0.3, 0.4) is 0 Å². The molecule has 0 aliphatic heterocycles. The SMILES string of the molecule is O=C(O)c1ccc(-c2c3ccccc3c(-c3ccc(C(=O)O)c(C(=O)O)c3)c3ccccc23)cc1C(=O)O. The van der Waals surface area contributed by atoms with Crippen molar-refractivity contribution in [2.75, 3.05) is 0 Å². The maximum absolute atomic E-state index is 11.9. The highest BCUT2D eigenvalue weighted by Crippen LogP contribution is 2.44.